The Morgan fingerprint density at radius 1 is 1.29 bits per heavy atom. The highest BCUT2D eigenvalue weighted by Crippen LogP contribution is 2.27. The van der Waals surface area contributed by atoms with Crippen LogP contribution in [0.4, 0.5) is 17.1 Å². The van der Waals surface area contributed by atoms with Gasteiger partial charge in [0.05, 0.1) is 22.7 Å². The van der Waals surface area contributed by atoms with Crippen LogP contribution in [0.3, 0.4) is 0 Å². The summed E-state index contributed by atoms with van der Waals surface area (Å²) >= 11 is 5.98. The second-order valence-corrected chi connectivity index (χ2v) is 5.42. The number of anilines is 2. The maximum Gasteiger partial charge on any atom is 0.271 e. The molecule has 1 amide bonds. The number of amides is 1. The van der Waals surface area contributed by atoms with Gasteiger partial charge in [-0.1, -0.05) is 17.7 Å². The third-order valence-electron chi connectivity index (χ3n) is 3.26. The number of rotatable bonds is 6. The Morgan fingerprint density at radius 2 is 2.04 bits per heavy atom. The number of nitrogens with one attached hydrogen (secondary N) is 2. The number of benzene rings is 2. The number of nitro benzene ring substituents is 1. The maximum atomic E-state index is 12.3. The molecule has 2 N–H and O–H groups in total. The van der Waals surface area contributed by atoms with E-state index in [-0.39, 0.29) is 22.3 Å². The molecule has 0 aliphatic carbocycles. The second kappa shape index (κ2) is 7.65. The Balaban J connectivity index is 2.08. The zero-order valence-electron chi connectivity index (χ0n) is 13.1. The topological polar surface area (TPSA) is 93.5 Å². The molecule has 24 heavy (non-hydrogen) atoms. The number of ether oxygens (including phenoxy) is 1. The van der Waals surface area contributed by atoms with E-state index in [4.69, 9.17) is 16.3 Å². The van der Waals surface area contributed by atoms with Crippen LogP contribution in [0.1, 0.15) is 6.92 Å². The third-order valence-corrected chi connectivity index (χ3v) is 3.59. The Morgan fingerprint density at radius 3 is 2.71 bits per heavy atom. The number of non-ortho nitro benzene ring substituents is 1. The summed E-state index contributed by atoms with van der Waals surface area (Å²) in [6.07, 6.45) is 0. The number of nitrogens with zero attached hydrogens (tertiary/aromatic N) is 1. The molecule has 1 atom stereocenters. The molecular formula is C16H16ClN3O4. The molecule has 0 radical (unpaired) electrons. The third kappa shape index (κ3) is 4.36. The van der Waals surface area contributed by atoms with E-state index in [0.717, 1.165) is 0 Å². The molecular weight excluding hydrogens is 334 g/mol. The first-order valence-corrected chi connectivity index (χ1v) is 7.44. The molecule has 8 heteroatoms. The van der Waals surface area contributed by atoms with Crippen molar-refractivity contribution in [2.75, 3.05) is 17.7 Å². The smallest absolute Gasteiger partial charge is 0.271 e. The fraction of sp³-hybridized carbons (Fsp3) is 0.188. The van der Waals surface area contributed by atoms with Crippen LogP contribution in [0.2, 0.25) is 5.02 Å². The molecule has 2 aromatic carbocycles. The predicted molar refractivity (Wildman–Crippen MR) is 92.8 cm³/mol. The van der Waals surface area contributed by atoms with Gasteiger partial charge in [-0.15, -0.1) is 0 Å². The van der Waals surface area contributed by atoms with Crippen LogP contribution >= 0.6 is 11.6 Å². The molecule has 0 saturated carbocycles. The predicted octanol–water partition coefficient (Wildman–Crippen LogP) is 3.70. The lowest BCUT2D eigenvalue weighted by Gasteiger charge is -2.16. The van der Waals surface area contributed by atoms with Gasteiger partial charge >= 0.3 is 0 Å². The van der Waals surface area contributed by atoms with Crippen LogP contribution in [0.5, 0.6) is 5.75 Å². The molecule has 0 aliphatic rings. The summed E-state index contributed by atoms with van der Waals surface area (Å²) in [6.45, 7) is 1.67. The van der Waals surface area contributed by atoms with Crippen LogP contribution in [0.15, 0.2) is 42.5 Å². The van der Waals surface area contributed by atoms with Crippen molar-refractivity contribution in [3.05, 3.63) is 57.6 Å². The van der Waals surface area contributed by atoms with Gasteiger partial charge in [0.15, 0.2) is 0 Å². The highest BCUT2D eigenvalue weighted by Gasteiger charge is 2.16. The zero-order valence-corrected chi connectivity index (χ0v) is 13.8. The summed E-state index contributed by atoms with van der Waals surface area (Å²) in [5, 5.41) is 16.6. The van der Waals surface area contributed by atoms with Gasteiger partial charge in [0, 0.05) is 23.9 Å². The maximum absolute atomic E-state index is 12.3. The largest absolute Gasteiger partial charge is 0.497 e. The number of nitro groups is 1. The Labute approximate surface area is 143 Å². The first-order valence-electron chi connectivity index (χ1n) is 7.06. The van der Waals surface area contributed by atoms with Crippen LogP contribution < -0.4 is 15.4 Å². The quantitative estimate of drug-likeness (QED) is 0.612. The van der Waals surface area contributed by atoms with E-state index >= 15 is 0 Å². The first-order chi connectivity index (χ1) is 11.4. The van der Waals surface area contributed by atoms with Gasteiger partial charge in [-0.05, 0) is 25.1 Å². The first kappa shape index (κ1) is 17.6. The highest BCUT2D eigenvalue weighted by atomic mass is 35.5. The minimum atomic E-state index is -0.590. The molecule has 0 bridgehead atoms. The molecule has 126 valence electrons. The Hall–Kier alpha value is -2.80. The Kier molecular flexibility index (Phi) is 5.59. The van der Waals surface area contributed by atoms with Gasteiger partial charge in [-0.25, -0.2) is 0 Å². The van der Waals surface area contributed by atoms with Crippen molar-refractivity contribution in [3.63, 3.8) is 0 Å². The summed E-state index contributed by atoms with van der Waals surface area (Å²) in [5.74, 6) is 0.287. The van der Waals surface area contributed by atoms with Crippen molar-refractivity contribution < 1.29 is 14.5 Å². The summed E-state index contributed by atoms with van der Waals surface area (Å²) < 4.78 is 5.12. The number of carbonyl (C=O) groups is 1. The van der Waals surface area contributed by atoms with E-state index < -0.39 is 11.0 Å². The lowest BCUT2D eigenvalue weighted by Crippen LogP contribution is -2.32. The summed E-state index contributed by atoms with van der Waals surface area (Å²) in [6, 6.07) is 10.4. The van der Waals surface area contributed by atoms with Gasteiger partial charge in [0.1, 0.15) is 11.8 Å². The van der Waals surface area contributed by atoms with Crippen molar-refractivity contribution in [2.24, 2.45) is 0 Å². The summed E-state index contributed by atoms with van der Waals surface area (Å²) in [5.41, 5.74) is 0.750. The number of hydrogen-bond donors (Lipinski definition) is 2. The molecule has 0 fully saturated rings. The van der Waals surface area contributed by atoms with Crippen molar-refractivity contribution in [2.45, 2.75) is 13.0 Å². The Bertz CT molecular complexity index is 767. The van der Waals surface area contributed by atoms with E-state index in [0.29, 0.717) is 11.4 Å². The number of halogens is 1. The number of methoxy groups -OCH3 is 1. The summed E-state index contributed by atoms with van der Waals surface area (Å²) in [7, 11) is 1.56. The van der Waals surface area contributed by atoms with E-state index in [9.17, 15) is 14.9 Å². The average molecular weight is 350 g/mol. The van der Waals surface area contributed by atoms with E-state index in [1.807, 2.05) is 0 Å². The molecule has 2 aromatic rings. The fourth-order valence-electron chi connectivity index (χ4n) is 1.99. The van der Waals surface area contributed by atoms with Crippen LogP contribution in [-0.2, 0) is 4.79 Å². The van der Waals surface area contributed by atoms with Crippen molar-refractivity contribution in [3.8, 4) is 5.75 Å². The van der Waals surface area contributed by atoms with E-state index in [1.165, 1.54) is 18.2 Å². The van der Waals surface area contributed by atoms with E-state index in [1.54, 1.807) is 38.3 Å². The molecule has 7 nitrogen and oxygen atoms in total. The number of hydrogen-bond acceptors (Lipinski definition) is 5. The lowest BCUT2D eigenvalue weighted by molar-refractivity contribution is -0.384. The minimum absolute atomic E-state index is 0.150. The highest BCUT2D eigenvalue weighted by molar-refractivity contribution is 6.33. The van der Waals surface area contributed by atoms with Crippen LogP contribution in [0.25, 0.3) is 0 Å². The van der Waals surface area contributed by atoms with Crippen LogP contribution in [-0.4, -0.2) is 24.0 Å². The van der Waals surface area contributed by atoms with Crippen molar-refractivity contribution >= 4 is 34.6 Å². The van der Waals surface area contributed by atoms with Gasteiger partial charge < -0.3 is 15.4 Å². The standard InChI is InChI=1S/C16H16ClN3O4/c1-10(18-11-4-3-5-13(8-11)24-2)16(21)19-15-9-12(20(22)23)6-7-14(15)17/h3-10,18H,1-2H3,(H,19,21)/t10-/m1/s1. The molecule has 0 spiro atoms. The lowest BCUT2D eigenvalue weighted by atomic mass is 10.2. The zero-order chi connectivity index (χ0) is 17.7. The van der Waals surface area contributed by atoms with Gasteiger partial charge in [0.2, 0.25) is 5.91 Å². The molecule has 0 aliphatic heterocycles. The van der Waals surface area contributed by atoms with Gasteiger partial charge in [-0.2, -0.15) is 0 Å². The minimum Gasteiger partial charge on any atom is -0.497 e. The molecule has 0 unspecified atom stereocenters. The normalized spacial score (nSPS) is 11.5. The average Bonchev–Trinajstić information content (AvgIpc) is 2.56. The molecule has 0 saturated heterocycles. The van der Waals surface area contributed by atoms with Crippen molar-refractivity contribution in [1.82, 2.24) is 0 Å². The van der Waals surface area contributed by atoms with E-state index in [2.05, 4.69) is 10.6 Å². The number of carbonyl (C=O) groups excluding carboxylic acids is 1. The van der Waals surface area contributed by atoms with Crippen molar-refractivity contribution in [1.29, 1.82) is 0 Å². The SMILES string of the molecule is COc1cccc(N[C@H](C)C(=O)Nc2cc([N+](=O)[O-])ccc2Cl)c1. The van der Waals surface area contributed by atoms with Gasteiger partial charge in [0.25, 0.3) is 5.69 Å². The monoisotopic (exact) mass is 349 g/mol. The van der Waals surface area contributed by atoms with Crippen LogP contribution in [0, 0.1) is 10.1 Å². The molecule has 2 rings (SSSR count). The molecule has 0 heterocycles. The molecule has 0 aromatic heterocycles. The fourth-order valence-corrected chi connectivity index (χ4v) is 2.16. The second-order valence-electron chi connectivity index (χ2n) is 5.01. The summed E-state index contributed by atoms with van der Waals surface area (Å²) in [4.78, 5) is 22.5. The van der Waals surface area contributed by atoms with Gasteiger partial charge in [-0.3, -0.25) is 14.9 Å².